The summed E-state index contributed by atoms with van der Waals surface area (Å²) in [6.45, 7) is 3.66. The Morgan fingerprint density at radius 2 is 1.84 bits per heavy atom. The van der Waals surface area contributed by atoms with E-state index in [1.165, 1.54) is 12.1 Å². The number of nitrogens with zero attached hydrogens (tertiary/aromatic N) is 4. The van der Waals surface area contributed by atoms with Crippen molar-refractivity contribution in [2.45, 2.75) is 6.42 Å². The number of anilines is 1. The van der Waals surface area contributed by atoms with Gasteiger partial charge in [0.15, 0.2) is 11.1 Å². The van der Waals surface area contributed by atoms with Crippen LogP contribution in [-0.4, -0.2) is 48.6 Å². The molecule has 1 aromatic carbocycles. The number of rotatable bonds is 4. The number of aromatic nitrogens is 1. The summed E-state index contributed by atoms with van der Waals surface area (Å²) in [5.74, 6) is -0.661. The van der Waals surface area contributed by atoms with Gasteiger partial charge >= 0.3 is 0 Å². The summed E-state index contributed by atoms with van der Waals surface area (Å²) >= 11 is 1.63. The topological polar surface area (TPSA) is 57.8 Å². The predicted molar refractivity (Wildman–Crippen MR) is 108 cm³/mol. The summed E-state index contributed by atoms with van der Waals surface area (Å²) in [6.07, 6.45) is 2.26. The van der Waals surface area contributed by atoms with Crippen molar-refractivity contribution in [1.29, 1.82) is 0 Å². The highest BCUT2D eigenvalue weighted by atomic mass is 127. The lowest BCUT2D eigenvalue weighted by Gasteiger charge is -2.35. The van der Waals surface area contributed by atoms with E-state index in [4.69, 9.17) is 5.73 Å². The first kappa shape index (κ1) is 19.8. The first-order chi connectivity index (χ1) is 11.6. The number of hydrogen-bond donors (Lipinski definition) is 1. The third-order valence-corrected chi connectivity index (χ3v) is 4.72. The van der Waals surface area contributed by atoms with Gasteiger partial charge in [-0.15, -0.1) is 35.3 Å². The molecule has 0 saturated carbocycles. The number of nitrogens with two attached hydrogens (primary N) is 1. The number of benzene rings is 1. The summed E-state index contributed by atoms with van der Waals surface area (Å²) in [6, 6.07) is 3.51. The van der Waals surface area contributed by atoms with Crippen molar-refractivity contribution < 1.29 is 8.78 Å². The highest BCUT2D eigenvalue weighted by Crippen LogP contribution is 2.18. The molecule has 25 heavy (non-hydrogen) atoms. The molecule has 0 spiro atoms. The molecule has 9 heteroatoms. The van der Waals surface area contributed by atoms with Crippen molar-refractivity contribution in [3.8, 4) is 0 Å². The van der Waals surface area contributed by atoms with E-state index < -0.39 is 11.6 Å². The van der Waals surface area contributed by atoms with E-state index in [-0.39, 0.29) is 24.0 Å². The minimum Gasteiger partial charge on any atom is -0.370 e. The number of aliphatic imine (C=N–C) groups is 1. The van der Waals surface area contributed by atoms with Gasteiger partial charge in [0.05, 0.1) is 0 Å². The Bertz CT molecular complexity index is 682. The lowest BCUT2D eigenvalue weighted by atomic mass is 10.1. The molecule has 0 amide bonds. The zero-order chi connectivity index (χ0) is 16.9. The van der Waals surface area contributed by atoms with Gasteiger partial charge in [-0.05, 0) is 24.1 Å². The lowest BCUT2D eigenvalue weighted by molar-refractivity contribution is 0.380. The van der Waals surface area contributed by atoms with Crippen molar-refractivity contribution in [1.82, 2.24) is 9.88 Å². The fourth-order valence-corrected chi connectivity index (χ4v) is 3.35. The monoisotopic (exact) mass is 479 g/mol. The molecule has 2 N–H and O–H groups in total. The molecule has 136 valence electrons. The minimum atomic E-state index is -0.569. The highest BCUT2D eigenvalue weighted by molar-refractivity contribution is 14.0. The standard InChI is InChI=1S/C16H19F2N5S.HI/c17-13-9-12(10-14(18)11-13)1-2-20-15(19)22-4-6-23(7-5-22)16-21-3-8-24-16;/h3,8-11H,1-2,4-7H2,(H2,19,20);1H. The van der Waals surface area contributed by atoms with Crippen LogP contribution >= 0.6 is 35.3 Å². The lowest BCUT2D eigenvalue weighted by Crippen LogP contribution is -2.51. The average molecular weight is 479 g/mol. The summed E-state index contributed by atoms with van der Waals surface area (Å²) in [5.41, 5.74) is 6.61. The van der Waals surface area contributed by atoms with Crippen LogP contribution in [0.1, 0.15) is 5.56 Å². The molecule has 2 heterocycles. The van der Waals surface area contributed by atoms with Gasteiger partial charge in [-0.1, -0.05) is 0 Å². The largest absolute Gasteiger partial charge is 0.370 e. The Balaban J connectivity index is 0.00000225. The van der Waals surface area contributed by atoms with E-state index in [9.17, 15) is 8.78 Å². The maximum atomic E-state index is 13.1. The Hall–Kier alpha value is -1.49. The Morgan fingerprint density at radius 1 is 1.16 bits per heavy atom. The number of thiazole rings is 1. The van der Waals surface area contributed by atoms with Crippen LogP contribution in [0.3, 0.4) is 0 Å². The van der Waals surface area contributed by atoms with Crippen LogP contribution in [0.2, 0.25) is 0 Å². The van der Waals surface area contributed by atoms with E-state index >= 15 is 0 Å². The second-order valence-corrected chi connectivity index (χ2v) is 6.43. The number of guanidine groups is 1. The zero-order valence-corrected chi connectivity index (χ0v) is 16.7. The fraction of sp³-hybridized carbons (Fsp3) is 0.375. The zero-order valence-electron chi connectivity index (χ0n) is 13.6. The molecule has 0 radical (unpaired) electrons. The second kappa shape index (κ2) is 9.27. The molecular formula is C16H20F2IN5S. The molecule has 0 bridgehead atoms. The summed E-state index contributed by atoms with van der Waals surface area (Å²) in [4.78, 5) is 12.9. The number of piperazine rings is 1. The van der Waals surface area contributed by atoms with Gasteiger partial charge in [0.25, 0.3) is 0 Å². The maximum Gasteiger partial charge on any atom is 0.191 e. The molecule has 1 saturated heterocycles. The van der Waals surface area contributed by atoms with Crippen LogP contribution in [0.4, 0.5) is 13.9 Å². The first-order valence-corrected chi connectivity index (χ1v) is 8.64. The number of hydrogen-bond acceptors (Lipinski definition) is 4. The summed E-state index contributed by atoms with van der Waals surface area (Å²) in [7, 11) is 0. The third kappa shape index (κ3) is 5.50. The molecule has 2 aromatic rings. The van der Waals surface area contributed by atoms with Crippen LogP contribution < -0.4 is 10.6 Å². The van der Waals surface area contributed by atoms with Gasteiger partial charge in [-0.2, -0.15) is 0 Å². The van der Waals surface area contributed by atoms with Gasteiger partial charge in [0.2, 0.25) is 0 Å². The predicted octanol–water partition coefficient (Wildman–Crippen LogP) is 2.72. The Morgan fingerprint density at radius 3 is 2.44 bits per heavy atom. The van der Waals surface area contributed by atoms with Crippen LogP contribution in [-0.2, 0) is 6.42 Å². The Kier molecular flexibility index (Phi) is 7.36. The molecule has 1 aromatic heterocycles. The van der Waals surface area contributed by atoms with E-state index in [1.807, 2.05) is 10.3 Å². The average Bonchev–Trinajstić information content (AvgIpc) is 3.08. The van der Waals surface area contributed by atoms with Gasteiger partial charge in [0, 0.05) is 50.4 Å². The van der Waals surface area contributed by atoms with Crippen LogP contribution in [0, 0.1) is 11.6 Å². The summed E-state index contributed by atoms with van der Waals surface area (Å²) < 4.78 is 26.3. The van der Waals surface area contributed by atoms with Crippen molar-refractivity contribution in [3.63, 3.8) is 0 Å². The molecular weight excluding hydrogens is 459 g/mol. The Labute approximate surface area is 166 Å². The highest BCUT2D eigenvalue weighted by Gasteiger charge is 2.19. The molecule has 3 rings (SSSR count). The molecule has 1 aliphatic heterocycles. The third-order valence-electron chi connectivity index (χ3n) is 3.89. The fourth-order valence-electron chi connectivity index (χ4n) is 2.65. The SMILES string of the molecule is I.NC(=NCCc1cc(F)cc(F)c1)N1CCN(c2nccs2)CC1. The second-order valence-electron chi connectivity index (χ2n) is 5.56. The van der Waals surface area contributed by atoms with Crippen LogP contribution in [0.25, 0.3) is 0 Å². The minimum absolute atomic E-state index is 0. The van der Waals surface area contributed by atoms with Gasteiger partial charge in [0.1, 0.15) is 11.6 Å². The van der Waals surface area contributed by atoms with E-state index in [2.05, 4.69) is 14.9 Å². The van der Waals surface area contributed by atoms with Crippen molar-refractivity contribution in [3.05, 3.63) is 47.0 Å². The molecule has 0 aliphatic carbocycles. The van der Waals surface area contributed by atoms with Crippen molar-refractivity contribution >= 4 is 46.4 Å². The van der Waals surface area contributed by atoms with Gasteiger partial charge in [-0.25, -0.2) is 13.8 Å². The van der Waals surface area contributed by atoms with E-state index in [0.29, 0.717) is 24.5 Å². The molecule has 1 fully saturated rings. The van der Waals surface area contributed by atoms with E-state index in [1.54, 1.807) is 17.5 Å². The molecule has 0 unspecified atom stereocenters. The molecule has 5 nitrogen and oxygen atoms in total. The normalized spacial score (nSPS) is 15.2. The molecule has 1 aliphatic rings. The van der Waals surface area contributed by atoms with Gasteiger partial charge in [-0.3, -0.25) is 4.99 Å². The van der Waals surface area contributed by atoms with Crippen molar-refractivity contribution in [2.24, 2.45) is 10.7 Å². The van der Waals surface area contributed by atoms with E-state index in [0.717, 1.165) is 37.4 Å². The van der Waals surface area contributed by atoms with Crippen LogP contribution in [0.15, 0.2) is 34.8 Å². The van der Waals surface area contributed by atoms with Gasteiger partial charge < -0.3 is 15.5 Å². The number of halogens is 3. The van der Waals surface area contributed by atoms with Crippen molar-refractivity contribution in [2.75, 3.05) is 37.6 Å². The molecule has 0 atom stereocenters. The smallest absolute Gasteiger partial charge is 0.191 e. The van der Waals surface area contributed by atoms with Crippen LogP contribution in [0.5, 0.6) is 0 Å². The first-order valence-electron chi connectivity index (χ1n) is 7.76. The maximum absolute atomic E-state index is 13.1. The quantitative estimate of drug-likeness (QED) is 0.417. The summed E-state index contributed by atoms with van der Waals surface area (Å²) in [5, 5.41) is 2.99.